The quantitative estimate of drug-likeness (QED) is 0.842. The predicted molar refractivity (Wildman–Crippen MR) is 93.2 cm³/mol. The fourth-order valence-electron chi connectivity index (χ4n) is 2.99. The summed E-state index contributed by atoms with van der Waals surface area (Å²) in [6.07, 6.45) is 0. The first-order valence-electron chi connectivity index (χ1n) is 7.90. The van der Waals surface area contributed by atoms with Gasteiger partial charge in [-0.15, -0.1) is 0 Å². The molecule has 2 unspecified atom stereocenters. The van der Waals surface area contributed by atoms with Crippen molar-refractivity contribution in [3.05, 3.63) is 65.7 Å². The van der Waals surface area contributed by atoms with Crippen molar-refractivity contribution < 1.29 is 17.9 Å². The third kappa shape index (κ3) is 3.30. The van der Waals surface area contributed by atoms with Crippen LogP contribution in [0.1, 0.15) is 17.2 Å². The highest BCUT2D eigenvalue weighted by Crippen LogP contribution is 2.34. The summed E-state index contributed by atoms with van der Waals surface area (Å²) in [6.45, 7) is 1.93. The van der Waals surface area contributed by atoms with Gasteiger partial charge in [-0.3, -0.25) is 10.1 Å². The lowest BCUT2D eigenvalue weighted by atomic mass is 10.0. The van der Waals surface area contributed by atoms with E-state index in [9.17, 15) is 13.2 Å². The molecule has 25 heavy (non-hydrogen) atoms. The van der Waals surface area contributed by atoms with Crippen molar-refractivity contribution in [3.8, 4) is 0 Å². The van der Waals surface area contributed by atoms with Gasteiger partial charge in [-0.25, -0.2) is 8.42 Å². The number of methoxy groups -OCH3 is 1. The average molecular weight is 360 g/mol. The number of esters is 1. The molecule has 132 valence electrons. The minimum atomic E-state index is -3.76. The summed E-state index contributed by atoms with van der Waals surface area (Å²) in [4.78, 5) is 12.3. The first-order valence-corrected chi connectivity index (χ1v) is 9.34. The van der Waals surface area contributed by atoms with Gasteiger partial charge in [0.1, 0.15) is 6.04 Å². The van der Waals surface area contributed by atoms with Crippen molar-refractivity contribution >= 4 is 16.0 Å². The van der Waals surface area contributed by atoms with E-state index in [-0.39, 0.29) is 11.6 Å². The van der Waals surface area contributed by atoms with Gasteiger partial charge >= 0.3 is 5.97 Å². The highest BCUT2D eigenvalue weighted by Gasteiger charge is 2.46. The second-order valence-electron chi connectivity index (χ2n) is 5.92. The van der Waals surface area contributed by atoms with Crippen molar-refractivity contribution in [1.29, 1.82) is 0 Å². The molecule has 1 N–H and O–H groups in total. The summed E-state index contributed by atoms with van der Waals surface area (Å²) in [7, 11) is -2.47. The third-order valence-corrected chi connectivity index (χ3v) is 6.16. The molecule has 1 aliphatic heterocycles. The lowest BCUT2D eigenvalue weighted by Gasteiger charge is -2.26. The maximum Gasteiger partial charge on any atom is 0.324 e. The summed E-state index contributed by atoms with van der Waals surface area (Å²) in [5.74, 6) is -0.490. The average Bonchev–Trinajstić information content (AvgIpc) is 3.08. The topological polar surface area (TPSA) is 75.7 Å². The molecule has 0 aliphatic carbocycles. The molecule has 0 saturated carbocycles. The lowest BCUT2D eigenvalue weighted by Crippen LogP contribution is -2.38. The SMILES string of the molecule is COC(=O)C1NCN(S(=O)(=O)c2ccc(C)cc2)C1c1ccccc1. The number of carbonyl (C=O) groups excluding carboxylic acids is 1. The van der Waals surface area contributed by atoms with E-state index in [2.05, 4.69) is 5.32 Å². The highest BCUT2D eigenvalue weighted by atomic mass is 32.2. The Bertz CT molecular complexity index is 850. The van der Waals surface area contributed by atoms with Crippen LogP contribution in [0.25, 0.3) is 0 Å². The number of rotatable bonds is 4. The number of hydrogen-bond donors (Lipinski definition) is 1. The summed E-state index contributed by atoms with van der Waals surface area (Å²) < 4.78 is 32.4. The molecule has 0 aromatic heterocycles. The predicted octanol–water partition coefficient (Wildman–Crippen LogP) is 1.83. The van der Waals surface area contributed by atoms with Gasteiger partial charge in [0.2, 0.25) is 10.0 Å². The highest BCUT2D eigenvalue weighted by molar-refractivity contribution is 7.89. The maximum atomic E-state index is 13.1. The Balaban J connectivity index is 2.04. The van der Waals surface area contributed by atoms with E-state index in [0.717, 1.165) is 11.1 Å². The van der Waals surface area contributed by atoms with Gasteiger partial charge in [0.05, 0.1) is 24.7 Å². The van der Waals surface area contributed by atoms with Crippen molar-refractivity contribution in [1.82, 2.24) is 9.62 Å². The molecule has 3 rings (SSSR count). The summed E-state index contributed by atoms with van der Waals surface area (Å²) in [5, 5.41) is 2.97. The van der Waals surface area contributed by atoms with Gasteiger partial charge in [-0.2, -0.15) is 4.31 Å². The summed E-state index contributed by atoms with van der Waals surface area (Å²) in [5.41, 5.74) is 1.71. The molecule has 6 nitrogen and oxygen atoms in total. The van der Waals surface area contributed by atoms with E-state index in [1.165, 1.54) is 11.4 Å². The summed E-state index contributed by atoms with van der Waals surface area (Å²) in [6, 6.07) is 14.4. The van der Waals surface area contributed by atoms with Crippen LogP contribution in [0.4, 0.5) is 0 Å². The number of benzene rings is 2. The molecule has 2 atom stereocenters. The van der Waals surface area contributed by atoms with Crippen LogP contribution < -0.4 is 5.32 Å². The van der Waals surface area contributed by atoms with Crippen molar-refractivity contribution in [3.63, 3.8) is 0 Å². The molecule has 2 aromatic carbocycles. The number of aryl methyl sites for hydroxylation is 1. The summed E-state index contributed by atoms with van der Waals surface area (Å²) >= 11 is 0. The van der Waals surface area contributed by atoms with Crippen LogP contribution in [0.2, 0.25) is 0 Å². The Morgan fingerprint density at radius 2 is 1.76 bits per heavy atom. The van der Waals surface area contributed by atoms with Crippen LogP contribution >= 0.6 is 0 Å². The van der Waals surface area contributed by atoms with Gasteiger partial charge in [-0.1, -0.05) is 48.0 Å². The van der Waals surface area contributed by atoms with Crippen molar-refractivity contribution in [2.45, 2.75) is 23.9 Å². The zero-order valence-electron chi connectivity index (χ0n) is 14.0. The number of hydrogen-bond acceptors (Lipinski definition) is 5. The molecular formula is C18H20N2O4S. The van der Waals surface area contributed by atoms with E-state index < -0.39 is 28.1 Å². The Morgan fingerprint density at radius 3 is 2.36 bits per heavy atom. The van der Waals surface area contributed by atoms with E-state index in [4.69, 9.17) is 4.74 Å². The van der Waals surface area contributed by atoms with Gasteiger partial charge in [0.15, 0.2) is 0 Å². The fourth-order valence-corrected chi connectivity index (χ4v) is 4.53. The van der Waals surface area contributed by atoms with Crippen LogP contribution in [0, 0.1) is 6.92 Å². The number of nitrogens with one attached hydrogen (secondary N) is 1. The molecule has 0 amide bonds. The van der Waals surface area contributed by atoms with Gasteiger partial charge in [0.25, 0.3) is 0 Å². The Kier molecular flexibility index (Phi) is 4.89. The number of sulfonamides is 1. The molecular weight excluding hydrogens is 340 g/mol. The van der Waals surface area contributed by atoms with Gasteiger partial charge in [-0.05, 0) is 24.6 Å². The first kappa shape index (κ1) is 17.6. The molecule has 1 aliphatic rings. The van der Waals surface area contributed by atoms with E-state index in [1.54, 1.807) is 24.3 Å². The zero-order chi connectivity index (χ0) is 18.0. The van der Waals surface area contributed by atoms with Crippen LogP contribution in [0.5, 0.6) is 0 Å². The molecule has 7 heteroatoms. The van der Waals surface area contributed by atoms with Crippen LogP contribution in [0.15, 0.2) is 59.5 Å². The normalized spacial score (nSPS) is 21.2. The second-order valence-corrected chi connectivity index (χ2v) is 7.81. The number of carbonyl (C=O) groups is 1. The second kappa shape index (κ2) is 6.95. The molecule has 2 aromatic rings. The molecule has 0 radical (unpaired) electrons. The monoisotopic (exact) mass is 360 g/mol. The molecule has 1 fully saturated rings. The minimum Gasteiger partial charge on any atom is -0.468 e. The Hall–Kier alpha value is -2.22. The Labute approximate surface area is 147 Å². The van der Waals surface area contributed by atoms with Crippen molar-refractivity contribution in [2.75, 3.05) is 13.8 Å². The Morgan fingerprint density at radius 1 is 1.12 bits per heavy atom. The van der Waals surface area contributed by atoms with Gasteiger partial charge in [0, 0.05) is 0 Å². The van der Waals surface area contributed by atoms with Crippen molar-refractivity contribution in [2.24, 2.45) is 0 Å². The van der Waals surface area contributed by atoms with Crippen LogP contribution in [-0.4, -0.2) is 38.5 Å². The third-order valence-electron chi connectivity index (χ3n) is 4.32. The largest absolute Gasteiger partial charge is 0.468 e. The van der Waals surface area contributed by atoms with E-state index >= 15 is 0 Å². The van der Waals surface area contributed by atoms with E-state index in [1.807, 2.05) is 37.3 Å². The molecule has 1 heterocycles. The standard InChI is InChI=1S/C18H20N2O4S/c1-13-8-10-15(11-9-13)25(22,23)20-12-19-16(18(21)24-2)17(20)14-6-4-3-5-7-14/h3-11,16-17,19H,12H2,1-2H3. The molecule has 0 spiro atoms. The molecule has 0 bridgehead atoms. The van der Waals surface area contributed by atoms with Crippen LogP contribution in [-0.2, 0) is 19.6 Å². The maximum absolute atomic E-state index is 13.1. The number of ether oxygens (including phenoxy) is 1. The first-order chi connectivity index (χ1) is 11.9. The molecule has 1 saturated heterocycles. The number of nitrogens with zero attached hydrogens (tertiary/aromatic N) is 1. The van der Waals surface area contributed by atoms with Gasteiger partial charge < -0.3 is 4.74 Å². The van der Waals surface area contributed by atoms with E-state index in [0.29, 0.717) is 0 Å². The minimum absolute atomic E-state index is 0.0372. The lowest BCUT2D eigenvalue weighted by molar-refractivity contribution is -0.143. The van der Waals surface area contributed by atoms with Crippen LogP contribution in [0.3, 0.4) is 0 Å². The smallest absolute Gasteiger partial charge is 0.324 e. The fraction of sp³-hybridized carbons (Fsp3) is 0.278. The zero-order valence-corrected chi connectivity index (χ0v) is 14.9.